The molecule has 160 valence electrons. The third-order valence-electron chi connectivity index (χ3n) is 5.16. The van der Waals surface area contributed by atoms with E-state index in [1.165, 1.54) is 0 Å². The third kappa shape index (κ3) is 7.12. The van der Waals surface area contributed by atoms with E-state index in [1.807, 2.05) is 24.3 Å². The van der Waals surface area contributed by atoms with Crippen molar-refractivity contribution in [3.63, 3.8) is 0 Å². The van der Waals surface area contributed by atoms with Crippen LogP contribution in [0.4, 0.5) is 16.2 Å². The lowest BCUT2D eigenvalue weighted by atomic mass is 9.79. The van der Waals surface area contributed by atoms with Gasteiger partial charge >= 0.3 is 12.1 Å². The minimum Gasteiger partial charge on any atom is -0.481 e. The lowest BCUT2D eigenvalue weighted by molar-refractivity contribution is -0.149. The maximum atomic E-state index is 12.3. The number of anilines is 2. The topological polar surface area (TPSA) is 78.9 Å². The molecule has 1 aromatic carbocycles. The molecule has 8 heteroatoms. The minimum atomic E-state index is -0.812. The molecule has 0 spiro atoms. The highest BCUT2D eigenvalue weighted by atomic mass is 35.5. The van der Waals surface area contributed by atoms with E-state index in [9.17, 15) is 14.7 Å². The number of aliphatic carboxylic acids is 1. The van der Waals surface area contributed by atoms with Crippen molar-refractivity contribution in [2.75, 3.05) is 35.1 Å². The molecule has 0 bridgehead atoms. The first-order valence-corrected chi connectivity index (χ1v) is 10.8. The Labute approximate surface area is 181 Å². The number of nitrogens with zero attached hydrogens (tertiary/aromatic N) is 1. The molecular weight excluding hydrogens is 415 g/mol. The van der Waals surface area contributed by atoms with Crippen LogP contribution in [0, 0.1) is 5.41 Å². The monoisotopic (exact) mass is 442 g/mol. The zero-order chi connectivity index (χ0) is 21.3. The zero-order valence-electron chi connectivity index (χ0n) is 16.6. The van der Waals surface area contributed by atoms with Crippen molar-refractivity contribution < 1.29 is 19.4 Å². The Kier molecular flexibility index (Phi) is 9.11. The molecule has 0 heterocycles. The number of alkyl halides is 2. The van der Waals surface area contributed by atoms with Crippen LogP contribution in [0.3, 0.4) is 0 Å². The largest absolute Gasteiger partial charge is 0.481 e. The lowest BCUT2D eigenvalue weighted by Gasteiger charge is -2.27. The summed E-state index contributed by atoms with van der Waals surface area (Å²) in [5.41, 5.74) is 0.790. The SMILES string of the molecule is C[C@]1(C(=O)O)CC/C=C/[C@@H](OC(=O)Nc2ccc(N(CCCl)CCCl)cc2)CC1. The highest BCUT2D eigenvalue weighted by Crippen LogP contribution is 2.32. The van der Waals surface area contributed by atoms with Crippen LogP contribution in [0.15, 0.2) is 36.4 Å². The van der Waals surface area contributed by atoms with Crippen LogP contribution in [0.25, 0.3) is 0 Å². The Hall–Kier alpha value is -1.92. The van der Waals surface area contributed by atoms with E-state index in [0.29, 0.717) is 56.2 Å². The van der Waals surface area contributed by atoms with Gasteiger partial charge in [-0.05, 0) is 62.9 Å². The molecule has 0 aliphatic heterocycles. The van der Waals surface area contributed by atoms with Crippen LogP contribution in [0.5, 0.6) is 0 Å². The number of carboxylic acids is 1. The molecule has 1 aromatic rings. The average Bonchev–Trinajstić information content (AvgIpc) is 2.68. The van der Waals surface area contributed by atoms with Crippen LogP contribution in [0.1, 0.15) is 32.6 Å². The number of amides is 1. The smallest absolute Gasteiger partial charge is 0.412 e. The molecule has 0 fully saturated rings. The van der Waals surface area contributed by atoms with Crippen molar-refractivity contribution in [1.29, 1.82) is 0 Å². The van der Waals surface area contributed by atoms with E-state index in [-0.39, 0.29) is 0 Å². The van der Waals surface area contributed by atoms with E-state index in [4.69, 9.17) is 27.9 Å². The highest BCUT2D eigenvalue weighted by molar-refractivity contribution is 6.18. The second kappa shape index (κ2) is 11.3. The molecule has 2 N–H and O–H groups in total. The van der Waals surface area contributed by atoms with Gasteiger partial charge in [0, 0.05) is 36.2 Å². The number of allylic oxidation sites excluding steroid dienone is 1. The normalized spacial score (nSPS) is 22.8. The van der Waals surface area contributed by atoms with Gasteiger partial charge < -0.3 is 14.7 Å². The van der Waals surface area contributed by atoms with E-state index in [2.05, 4.69) is 10.2 Å². The maximum absolute atomic E-state index is 12.3. The number of carbonyl (C=O) groups excluding carboxylic acids is 1. The molecule has 2 rings (SSSR count). The number of nitrogens with one attached hydrogen (secondary N) is 1. The summed E-state index contributed by atoms with van der Waals surface area (Å²) in [6.45, 7) is 3.11. The number of halogens is 2. The summed E-state index contributed by atoms with van der Waals surface area (Å²) >= 11 is 11.7. The van der Waals surface area contributed by atoms with Crippen LogP contribution in [-0.4, -0.2) is 48.1 Å². The number of ether oxygens (including phenoxy) is 1. The van der Waals surface area contributed by atoms with E-state index >= 15 is 0 Å². The van der Waals surface area contributed by atoms with Crippen LogP contribution in [0.2, 0.25) is 0 Å². The lowest BCUT2D eigenvalue weighted by Crippen LogP contribution is -2.31. The number of rotatable bonds is 8. The number of carbonyl (C=O) groups is 2. The van der Waals surface area contributed by atoms with E-state index in [1.54, 1.807) is 19.1 Å². The molecule has 0 unspecified atom stereocenters. The fourth-order valence-corrected chi connectivity index (χ4v) is 3.67. The van der Waals surface area contributed by atoms with Crippen molar-refractivity contribution in [3.8, 4) is 0 Å². The van der Waals surface area contributed by atoms with Gasteiger partial charge in [0.15, 0.2) is 0 Å². The van der Waals surface area contributed by atoms with Crippen molar-refractivity contribution in [2.24, 2.45) is 5.41 Å². The van der Waals surface area contributed by atoms with E-state index in [0.717, 1.165) is 5.69 Å². The maximum Gasteiger partial charge on any atom is 0.412 e. The van der Waals surface area contributed by atoms with E-state index < -0.39 is 23.6 Å². The number of carboxylic acid groups (broad SMARTS) is 1. The molecule has 0 saturated heterocycles. The van der Waals surface area contributed by atoms with Crippen LogP contribution >= 0.6 is 23.2 Å². The predicted octanol–water partition coefficient (Wildman–Crippen LogP) is 5.11. The quantitative estimate of drug-likeness (QED) is 0.431. The van der Waals surface area contributed by atoms with Gasteiger partial charge in [-0.3, -0.25) is 10.1 Å². The van der Waals surface area contributed by atoms with Gasteiger partial charge in [0.1, 0.15) is 6.10 Å². The molecule has 6 nitrogen and oxygen atoms in total. The van der Waals surface area contributed by atoms with Crippen LogP contribution in [-0.2, 0) is 9.53 Å². The summed E-state index contributed by atoms with van der Waals surface area (Å²) in [5.74, 6) is 0.187. The third-order valence-corrected chi connectivity index (χ3v) is 5.49. The fourth-order valence-electron chi connectivity index (χ4n) is 3.26. The molecule has 0 aromatic heterocycles. The first kappa shape index (κ1) is 23.4. The Morgan fingerprint density at radius 2 is 1.86 bits per heavy atom. The van der Waals surface area contributed by atoms with Crippen molar-refractivity contribution >= 4 is 46.6 Å². The molecule has 2 atom stereocenters. The number of hydrogen-bond donors (Lipinski definition) is 2. The second-order valence-corrected chi connectivity index (χ2v) is 8.11. The highest BCUT2D eigenvalue weighted by Gasteiger charge is 2.34. The summed E-state index contributed by atoms with van der Waals surface area (Å²) in [6.07, 6.45) is 4.85. The predicted molar refractivity (Wildman–Crippen MR) is 117 cm³/mol. The fraction of sp³-hybridized carbons (Fsp3) is 0.524. The summed E-state index contributed by atoms with van der Waals surface area (Å²) in [6, 6.07) is 7.37. The number of hydrogen-bond acceptors (Lipinski definition) is 4. The molecule has 1 amide bonds. The van der Waals surface area contributed by atoms with Crippen LogP contribution < -0.4 is 10.2 Å². The van der Waals surface area contributed by atoms with Gasteiger partial charge in [-0.25, -0.2) is 4.79 Å². The van der Waals surface area contributed by atoms with Gasteiger partial charge in [-0.15, -0.1) is 23.2 Å². The Morgan fingerprint density at radius 3 is 2.45 bits per heavy atom. The van der Waals surface area contributed by atoms with Gasteiger partial charge in [0.05, 0.1) is 5.41 Å². The molecule has 0 saturated carbocycles. The van der Waals surface area contributed by atoms with Crippen molar-refractivity contribution in [3.05, 3.63) is 36.4 Å². The second-order valence-electron chi connectivity index (χ2n) is 7.35. The summed E-state index contributed by atoms with van der Waals surface area (Å²) < 4.78 is 5.48. The molecular formula is C21H28Cl2N2O4. The minimum absolute atomic E-state index is 0.448. The Balaban J connectivity index is 1.93. The molecule has 0 radical (unpaired) electrons. The summed E-state index contributed by atoms with van der Waals surface area (Å²) in [7, 11) is 0. The standard InChI is InChI=1S/C21H28Cl2N2O4/c1-21(19(26)27)10-3-2-4-18(9-11-21)29-20(28)24-16-5-7-17(8-6-16)25(14-12-22)15-13-23/h2,4-8,18H,3,9-15H2,1H3,(H,24,28)(H,26,27)/b4-2+/t18-,21+/m1/s1. The number of benzene rings is 1. The van der Waals surface area contributed by atoms with Crippen molar-refractivity contribution in [1.82, 2.24) is 0 Å². The van der Waals surface area contributed by atoms with Gasteiger partial charge in [0.2, 0.25) is 0 Å². The summed E-state index contributed by atoms with van der Waals surface area (Å²) in [4.78, 5) is 25.8. The van der Waals surface area contributed by atoms with Gasteiger partial charge in [-0.2, -0.15) is 0 Å². The zero-order valence-corrected chi connectivity index (χ0v) is 18.1. The summed E-state index contributed by atoms with van der Waals surface area (Å²) in [5, 5.41) is 12.2. The van der Waals surface area contributed by atoms with Gasteiger partial charge in [-0.1, -0.05) is 6.08 Å². The first-order chi connectivity index (χ1) is 13.9. The van der Waals surface area contributed by atoms with Crippen molar-refractivity contribution in [2.45, 2.75) is 38.7 Å². The molecule has 29 heavy (non-hydrogen) atoms. The Morgan fingerprint density at radius 1 is 1.21 bits per heavy atom. The average molecular weight is 443 g/mol. The first-order valence-electron chi connectivity index (χ1n) is 9.72. The van der Waals surface area contributed by atoms with Gasteiger partial charge in [0.25, 0.3) is 0 Å². The molecule has 1 aliphatic carbocycles. The Bertz CT molecular complexity index is 705. The molecule has 1 aliphatic rings.